The molecule has 0 bridgehead atoms. The van der Waals surface area contributed by atoms with E-state index in [1.807, 2.05) is 13.8 Å². The van der Waals surface area contributed by atoms with Gasteiger partial charge in [-0.15, -0.1) is 0 Å². The number of carboxylic acid groups (broad SMARTS) is 1. The van der Waals surface area contributed by atoms with Crippen molar-refractivity contribution in [2.45, 2.75) is 39.0 Å². The molecule has 0 unspecified atom stereocenters. The second-order valence-electron chi connectivity index (χ2n) is 9.69. The molecular weight excluding hydrogens is 501 g/mol. The molecule has 0 saturated heterocycles. The predicted molar refractivity (Wildman–Crippen MR) is 127 cm³/mol. The van der Waals surface area contributed by atoms with Crippen LogP contribution in [0.4, 0.5) is 13.2 Å². The maximum absolute atomic E-state index is 13.4. The lowest BCUT2D eigenvalue weighted by molar-refractivity contribution is -0.152. The number of carbonyl (C=O) groups is 1. The first-order valence-corrected chi connectivity index (χ1v) is 11.6. The maximum atomic E-state index is 13.4. The largest absolute Gasteiger partial charge is 0.492 e. The molecule has 1 aliphatic carbocycles. The Morgan fingerprint density at radius 2 is 1.86 bits per heavy atom. The molecule has 36 heavy (non-hydrogen) atoms. The Morgan fingerprint density at radius 1 is 1.14 bits per heavy atom. The highest BCUT2D eigenvalue weighted by atomic mass is 35.5. The molecule has 2 aromatic carbocycles. The van der Waals surface area contributed by atoms with Crippen LogP contribution in [0, 0.1) is 11.3 Å². The number of fused-ring (bicyclic) bond motifs is 1. The molecule has 10 heteroatoms. The number of rotatable bonds is 8. The number of para-hydroxylation sites is 1. The van der Waals surface area contributed by atoms with E-state index in [1.54, 1.807) is 18.2 Å². The Kier molecular flexibility index (Phi) is 7.07. The van der Waals surface area contributed by atoms with Crippen molar-refractivity contribution >= 4 is 28.5 Å². The molecule has 0 amide bonds. The fourth-order valence-corrected chi connectivity index (χ4v) is 4.07. The highest BCUT2D eigenvalue weighted by Crippen LogP contribution is 2.39. The van der Waals surface area contributed by atoms with E-state index in [1.165, 1.54) is 12.1 Å². The molecule has 0 atom stereocenters. The lowest BCUT2D eigenvalue weighted by Crippen LogP contribution is -2.39. The molecule has 1 aliphatic rings. The van der Waals surface area contributed by atoms with E-state index in [2.05, 4.69) is 0 Å². The summed E-state index contributed by atoms with van der Waals surface area (Å²) in [6, 6.07) is 8.84. The summed E-state index contributed by atoms with van der Waals surface area (Å²) >= 11 is 6.18. The highest BCUT2D eigenvalue weighted by Gasteiger charge is 2.36. The smallest absolute Gasteiger partial charge is 0.416 e. The van der Waals surface area contributed by atoms with E-state index in [4.69, 9.17) is 30.6 Å². The van der Waals surface area contributed by atoms with Crippen LogP contribution in [-0.2, 0) is 15.7 Å². The lowest BCUT2D eigenvalue weighted by atomic mass is 9.82. The van der Waals surface area contributed by atoms with Crippen LogP contribution in [0.3, 0.4) is 0 Å². The monoisotopic (exact) mass is 524 g/mol. The number of alkyl halides is 3. The lowest BCUT2D eigenvalue weighted by Gasteiger charge is -2.35. The minimum atomic E-state index is -4.60. The van der Waals surface area contributed by atoms with Gasteiger partial charge >= 0.3 is 12.1 Å². The molecule has 1 saturated carbocycles. The third kappa shape index (κ3) is 5.68. The molecule has 3 aromatic rings. The zero-order valence-electron chi connectivity index (χ0n) is 19.5. The molecule has 1 heterocycles. The van der Waals surface area contributed by atoms with Gasteiger partial charge in [0.05, 0.1) is 46.8 Å². The molecule has 6 nitrogen and oxygen atoms in total. The Balaban J connectivity index is 1.59. The standard InChI is InChI=1S/C26H24ClF3O6/c1-25(2,12-34-16-8-14(9-16)24(32)33)13-35-21-10-15(26(28,29)30)6-7-18(21)22-11-20(31)17-4-3-5-19(27)23(17)36-22/h3-7,10-11,14,16H,8-9,12-13H2,1-2H3,(H,32,33)/t14-,16-. The summed E-state index contributed by atoms with van der Waals surface area (Å²) in [6.07, 6.45) is -3.93. The number of benzene rings is 2. The van der Waals surface area contributed by atoms with Crippen LogP contribution in [0.15, 0.2) is 51.7 Å². The SMILES string of the molecule is CC(C)(COc1cc(C(F)(F)F)ccc1-c1cc(=O)c2cccc(Cl)c2o1)CO[C@H]1C[C@H](C(=O)O)C1. The van der Waals surface area contributed by atoms with Gasteiger partial charge in [-0.2, -0.15) is 13.2 Å². The molecule has 1 aromatic heterocycles. The fraction of sp³-hybridized carbons (Fsp3) is 0.385. The van der Waals surface area contributed by atoms with Gasteiger partial charge in [0.25, 0.3) is 0 Å². The Labute approximate surface area is 209 Å². The van der Waals surface area contributed by atoms with Gasteiger partial charge in [0.15, 0.2) is 11.0 Å². The molecule has 0 radical (unpaired) electrons. The van der Waals surface area contributed by atoms with Gasteiger partial charge in [0, 0.05) is 11.5 Å². The van der Waals surface area contributed by atoms with Crippen molar-refractivity contribution < 1.29 is 37.0 Å². The van der Waals surface area contributed by atoms with Gasteiger partial charge < -0.3 is 19.0 Å². The molecule has 192 valence electrons. The van der Waals surface area contributed by atoms with Gasteiger partial charge in [-0.1, -0.05) is 31.5 Å². The van der Waals surface area contributed by atoms with Crippen molar-refractivity contribution in [3.05, 3.63) is 63.3 Å². The van der Waals surface area contributed by atoms with Gasteiger partial charge in [-0.25, -0.2) is 0 Å². The van der Waals surface area contributed by atoms with E-state index >= 15 is 0 Å². The van der Waals surface area contributed by atoms with E-state index in [9.17, 15) is 22.8 Å². The summed E-state index contributed by atoms with van der Waals surface area (Å²) in [7, 11) is 0. The van der Waals surface area contributed by atoms with Crippen molar-refractivity contribution in [3.63, 3.8) is 0 Å². The van der Waals surface area contributed by atoms with Crippen LogP contribution in [0.2, 0.25) is 5.02 Å². The summed E-state index contributed by atoms with van der Waals surface area (Å²) in [6.45, 7) is 3.86. The average molecular weight is 525 g/mol. The van der Waals surface area contributed by atoms with Crippen LogP contribution in [0.5, 0.6) is 5.75 Å². The number of carboxylic acids is 1. The normalized spacial score (nSPS) is 18.2. The van der Waals surface area contributed by atoms with E-state index in [-0.39, 0.29) is 52.4 Å². The van der Waals surface area contributed by atoms with Crippen molar-refractivity contribution in [2.24, 2.45) is 11.3 Å². The van der Waals surface area contributed by atoms with Crippen LogP contribution in [0.1, 0.15) is 32.3 Å². The summed E-state index contributed by atoms with van der Waals surface area (Å²) in [5.41, 5.74) is -1.62. The van der Waals surface area contributed by atoms with Crippen LogP contribution in [-0.4, -0.2) is 30.4 Å². The quantitative estimate of drug-likeness (QED) is 0.366. The zero-order chi connectivity index (χ0) is 26.3. The third-order valence-corrected chi connectivity index (χ3v) is 6.35. The summed E-state index contributed by atoms with van der Waals surface area (Å²) in [4.78, 5) is 23.6. The van der Waals surface area contributed by atoms with Crippen LogP contribution >= 0.6 is 11.6 Å². The van der Waals surface area contributed by atoms with E-state index in [0.717, 1.165) is 12.1 Å². The highest BCUT2D eigenvalue weighted by molar-refractivity contribution is 6.34. The van der Waals surface area contributed by atoms with E-state index < -0.39 is 34.5 Å². The van der Waals surface area contributed by atoms with Gasteiger partial charge in [0.1, 0.15) is 11.5 Å². The van der Waals surface area contributed by atoms with E-state index in [0.29, 0.717) is 12.8 Å². The number of halogens is 4. The maximum Gasteiger partial charge on any atom is 0.416 e. The Hall–Kier alpha value is -3.04. The first-order chi connectivity index (χ1) is 16.8. The Bertz CT molecular complexity index is 1340. The van der Waals surface area contributed by atoms with Crippen molar-refractivity contribution in [3.8, 4) is 17.1 Å². The second-order valence-corrected chi connectivity index (χ2v) is 10.1. The van der Waals surface area contributed by atoms with Gasteiger partial charge in [-0.3, -0.25) is 9.59 Å². The van der Waals surface area contributed by atoms with Crippen molar-refractivity contribution in [1.29, 1.82) is 0 Å². The third-order valence-electron chi connectivity index (χ3n) is 6.05. The summed E-state index contributed by atoms with van der Waals surface area (Å²) < 4.78 is 57.8. The first-order valence-electron chi connectivity index (χ1n) is 11.3. The summed E-state index contributed by atoms with van der Waals surface area (Å²) in [5.74, 6) is -1.35. The topological polar surface area (TPSA) is 86.0 Å². The number of hydrogen-bond acceptors (Lipinski definition) is 5. The Morgan fingerprint density at radius 3 is 2.53 bits per heavy atom. The van der Waals surface area contributed by atoms with Gasteiger partial charge in [0.2, 0.25) is 0 Å². The number of aliphatic carboxylic acids is 1. The van der Waals surface area contributed by atoms with Gasteiger partial charge in [-0.05, 0) is 43.2 Å². The molecular formula is C26H24ClF3O6. The molecule has 1 fully saturated rings. The van der Waals surface area contributed by atoms with Crippen molar-refractivity contribution in [2.75, 3.05) is 13.2 Å². The molecule has 0 spiro atoms. The minimum Gasteiger partial charge on any atom is -0.492 e. The number of hydrogen-bond donors (Lipinski definition) is 1. The predicted octanol–water partition coefficient (Wildman–Crippen LogP) is 6.42. The first kappa shape index (κ1) is 26.0. The molecule has 1 N–H and O–H groups in total. The molecule has 4 rings (SSSR count). The van der Waals surface area contributed by atoms with Crippen LogP contribution < -0.4 is 10.2 Å². The molecule has 0 aliphatic heterocycles. The fourth-order valence-electron chi connectivity index (χ4n) is 3.86. The number of ether oxygens (including phenoxy) is 2. The van der Waals surface area contributed by atoms with Crippen molar-refractivity contribution in [1.82, 2.24) is 0 Å². The van der Waals surface area contributed by atoms with Crippen LogP contribution in [0.25, 0.3) is 22.3 Å². The second kappa shape index (κ2) is 9.78. The average Bonchev–Trinajstić information content (AvgIpc) is 2.76. The minimum absolute atomic E-state index is 0.00500. The summed E-state index contributed by atoms with van der Waals surface area (Å²) in [5, 5.41) is 9.43. The zero-order valence-corrected chi connectivity index (χ0v) is 20.3.